The molecule has 0 aliphatic heterocycles. The first-order valence-corrected chi connectivity index (χ1v) is 2.54. The van der Waals surface area contributed by atoms with Gasteiger partial charge in [-0.25, -0.2) is 0 Å². The molecule has 7 heavy (non-hydrogen) atoms. The van der Waals surface area contributed by atoms with Crippen LogP contribution < -0.4 is 0 Å². The molecule has 0 aromatic rings. The van der Waals surface area contributed by atoms with Crippen molar-refractivity contribution >= 4 is 6.29 Å². The molecule has 0 aliphatic carbocycles. The van der Waals surface area contributed by atoms with Gasteiger partial charge in [0.05, 0.1) is 0 Å². The molecule has 0 atom stereocenters. The van der Waals surface area contributed by atoms with Crippen LogP contribution in [-0.2, 0) is 4.79 Å². The van der Waals surface area contributed by atoms with Crippen LogP contribution in [0.5, 0.6) is 0 Å². The quantitative estimate of drug-likeness (QED) is 0.489. The molecule has 0 aromatic carbocycles. The molecule has 0 spiro atoms. The van der Waals surface area contributed by atoms with E-state index in [1.165, 1.54) is 0 Å². The second kappa shape index (κ2) is 3.85. The Labute approximate surface area is 44.7 Å². The van der Waals surface area contributed by atoms with Crippen molar-refractivity contribution in [2.45, 2.75) is 20.3 Å². The fourth-order valence-corrected chi connectivity index (χ4v) is 0.328. The molecule has 0 saturated heterocycles. The first-order chi connectivity index (χ1) is 3.27. The Morgan fingerprint density at radius 2 is 2.14 bits per heavy atom. The monoisotopic (exact) mass is 99.1 g/mol. The summed E-state index contributed by atoms with van der Waals surface area (Å²) in [6.07, 6.45) is 3.40. The third kappa shape index (κ3) is 5.67. The first kappa shape index (κ1) is 6.67. The molecule has 0 unspecified atom stereocenters. The summed E-state index contributed by atoms with van der Waals surface area (Å²) < 4.78 is 0. The molecule has 1 nitrogen and oxygen atoms in total. The van der Waals surface area contributed by atoms with Crippen LogP contribution in [-0.4, -0.2) is 6.29 Å². The van der Waals surface area contributed by atoms with Gasteiger partial charge in [0.1, 0.15) is 6.29 Å². The van der Waals surface area contributed by atoms with E-state index in [0.717, 1.165) is 12.7 Å². The molecule has 0 saturated carbocycles. The van der Waals surface area contributed by atoms with Gasteiger partial charge in [0.25, 0.3) is 0 Å². The Balaban J connectivity index is 2.81. The number of hydrogen-bond acceptors (Lipinski definition) is 1. The number of rotatable bonds is 3. The van der Waals surface area contributed by atoms with Crippen LogP contribution in [0.2, 0.25) is 0 Å². The topological polar surface area (TPSA) is 17.1 Å². The number of carbonyl (C=O) groups excluding carboxylic acids is 1. The normalized spacial score (nSPS) is 9.57. The van der Waals surface area contributed by atoms with E-state index in [9.17, 15) is 4.79 Å². The third-order valence-corrected chi connectivity index (χ3v) is 0.704. The lowest BCUT2D eigenvalue weighted by molar-refractivity contribution is -0.105. The minimum absolute atomic E-state index is 0.616. The predicted molar refractivity (Wildman–Crippen MR) is 29.8 cm³/mol. The van der Waals surface area contributed by atoms with Gasteiger partial charge < -0.3 is 4.79 Å². The number of carbonyl (C=O) groups is 1. The standard InChI is InChI=1S/C6H11O/c1-6(2)4-3-5-7/h3,5-6H,4H2,1-2H3. The van der Waals surface area contributed by atoms with Crippen molar-refractivity contribution in [2.24, 2.45) is 5.92 Å². The zero-order chi connectivity index (χ0) is 5.70. The van der Waals surface area contributed by atoms with Gasteiger partial charge in [-0.1, -0.05) is 13.8 Å². The van der Waals surface area contributed by atoms with Crippen molar-refractivity contribution in [3.8, 4) is 0 Å². The smallest absolute Gasteiger partial charge is 0.123 e. The second-order valence-corrected chi connectivity index (χ2v) is 2.00. The fraction of sp³-hybridized carbons (Fsp3) is 0.667. The Bertz CT molecular complexity index is 48.1. The van der Waals surface area contributed by atoms with Gasteiger partial charge in [-0.15, -0.1) is 0 Å². The largest absolute Gasteiger partial charge is 0.303 e. The molecule has 0 bridgehead atoms. The molecule has 1 heteroatoms. The highest BCUT2D eigenvalue weighted by Crippen LogP contribution is 1.98. The van der Waals surface area contributed by atoms with Crippen molar-refractivity contribution in [2.75, 3.05) is 0 Å². The van der Waals surface area contributed by atoms with E-state index in [-0.39, 0.29) is 0 Å². The van der Waals surface area contributed by atoms with Gasteiger partial charge in [0, 0.05) is 6.42 Å². The molecular formula is C6H11O. The van der Waals surface area contributed by atoms with Crippen LogP contribution in [0.1, 0.15) is 20.3 Å². The van der Waals surface area contributed by atoms with Crippen LogP contribution in [0.4, 0.5) is 0 Å². The summed E-state index contributed by atoms with van der Waals surface area (Å²) in [5.74, 6) is 0.616. The van der Waals surface area contributed by atoms with E-state index >= 15 is 0 Å². The Kier molecular flexibility index (Phi) is 3.67. The molecule has 0 aromatic heterocycles. The molecular weight excluding hydrogens is 88.1 g/mol. The van der Waals surface area contributed by atoms with E-state index < -0.39 is 0 Å². The lowest BCUT2D eigenvalue weighted by Crippen LogP contribution is -1.86. The van der Waals surface area contributed by atoms with E-state index in [1.807, 2.05) is 0 Å². The van der Waals surface area contributed by atoms with Gasteiger partial charge in [0.15, 0.2) is 0 Å². The highest BCUT2D eigenvalue weighted by Gasteiger charge is 1.89. The van der Waals surface area contributed by atoms with Gasteiger partial charge in [-0.2, -0.15) is 0 Å². The van der Waals surface area contributed by atoms with Crippen molar-refractivity contribution in [3.63, 3.8) is 0 Å². The SMILES string of the molecule is CC(C)C[CH]C=O. The van der Waals surface area contributed by atoms with Crippen LogP contribution in [0, 0.1) is 12.3 Å². The molecule has 0 N–H and O–H groups in total. The third-order valence-electron chi connectivity index (χ3n) is 0.704. The highest BCUT2D eigenvalue weighted by molar-refractivity contribution is 5.60. The Hall–Kier alpha value is -0.330. The number of hydrogen-bond donors (Lipinski definition) is 0. The summed E-state index contributed by atoms with van der Waals surface area (Å²) in [6.45, 7) is 4.17. The van der Waals surface area contributed by atoms with Gasteiger partial charge in [-0.05, 0) is 12.3 Å². The predicted octanol–water partition coefficient (Wildman–Crippen LogP) is 1.44. The van der Waals surface area contributed by atoms with E-state index in [0.29, 0.717) is 5.92 Å². The van der Waals surface area contributed by atoms with E-state index in [1.54, 1.807) is 6.42 Å². The maximum Gasteiger partial charge on any atom is 0.123 e. The lowest BCUT2D eigenvalue weighted by Gasteiger charge is -1.95. The average molecular weight is 99.2 g/mol. The van der Waals surface area contributed by atoms with E-state index in [4.69, 9.17) is 0 Å². The van der Waals surface area contributed by atoms with E-state index in [2.05, 4.69) is 13.8 Å². The Morgan fingerprint density at radius 1 is 1.57 bits per heavy atom. The average Bonchev–Trinajstić information content (AvgIpc) is 1.61. The molecule has 0 rings (SSSR count). The summed E-state index contributed by atoms with van der Waals surface area (Å²) in [7, 11) is 0. The van der Waals surface area contributed by atoms with Crippen LogP contribution in [0.25, 0.3) is 0 Å². The van der Waals surface area contributed by atoms with Crippen LogP contribution in [0.3, 0.4) is 0 Å². The molecule has 0 aliphatic rings. The minimum atomic E-state index is 0.616. The fourth-order valence-electron chi connectivity index (χ4n) is 0.328. The van der Waals surface area contributed by atoms with Crippen molar-refractivity contribution in [3.05, 3.63) is 6.42 Å². The molecule has 41 valence electrons. The molecule has 1 radical (unpaired) electrons. The van der Waals surface area contributed by atoms with Crippen molar-refractivity contribution in [1.29, 1.82) is 0 Å². The van der Waals surface area contributed by atoms with Gasteiger partial charge >= 0.3 is 0 Å². The second-order valence-electron chi connectivity index (χ2n) is 2.00. The first-order valence-electron chi connectivity index (χ1n) is 2.54. The minimum Gasteiger partial charge on any atom is -0.303 e. The summed E-state index contributed by atoms with van der Waals surface area (Å²) in [5, 5.41) is 0. The maximum atomic E-state index is 9.65. The van der Waals surface area contributed by atoms with Gasteiger partial charge in [0.2, 0.25) is 0 Å². The van der Waals surface area contributed by atoms with Crippen molar-refractivity contribution in [1.82, 2.24) is 0 Å². The lowest BCUT2D eigenvalue weighted by atomic mass is 10.1. The summed E-state index contributed by atoms with van der Waals surface area (Å²) >= 11 is 0. The van der Waals surface area contributed by atoms with Crippen molar-refractivity contribution < 1.29 is 4.79 Å². The molecule has 0 fully saturated rings. The van der Waals surface area contributed by atoms with Crippen LogP contribution >= 0.6 is 0 Å². The summed E-state index contributed by atoms with van der Waals surface area (Å²) in [6, 6.07) is 0. The summed E-state index contributed by atoms with van der Waals surface area (Å²) in [4.78, 5) is 9.65. The van der Waals surface area contributed by atoms with Crippen LogP contribution in [0.15, 0.2) is 0 Å². The molecule has 0 heterocycles. The van der Waals surface area contributed by atoms with Gasteiger partial charge in [-0.3, -0.25) is 0 Å². The summed E-state index contributed by atoms with van der Waals surface area (Å²) in [5.41, 5.74) is 0. The highest BCUT2D eigenvalue weighted by atomic mass is 16.1. The molecule has 0 amide bonds. The number of aldehydes is 1. The zero-order valence-electron chi connectivity index (χ0n) is 4.85. The zero-order valence-corrected chi connectivity index (χ0v) is 4.85. The maximum absolute atomic E-state index is 9.65. The Morgan fingerprint density at radius 3 is 2.29 bits per heavy atom.